The minimum absolute atomic E-state index is 0.00785. The average molecular weight is 415 g/mol. The maximum Gasteiger partial charge on any atom is 0.333 e. The summed E-state index contributed by atoms with van der Waals surface area (Å²) in [5.41, 5.74) is 0.294. The van der Waals surface area contributed by atoms with Crippen molar-refractivity contribution in [1.29, 1.82) is 0 Å². The molecule has 1 atom stereocenters. The zero-order valence-corrected chi connectivity index (χ0v) is 16.0. The van der Waals surface area contributed by atoms with Gasteiger partial charge in [-0.1, -0.05) is 58.9 Å². The molecule has 26 heavy (non-hydrogen) atoms. The van der Waals surface area contributed by atoms with E-state index in [1.165, 1.54) is 0 Å². The summed E-state index contributed by atoms with van der Waals surface area (Å²) in [4.78, 5) is 11.4. The van der Waals surface area contributed by atoms with E-state index in [1.807, 2.05) is 42.5 Å². The Morgan fingerprint density at radius 3 is 2.65 bits per heavy atom. The molecule has 4 nitrogen and oxygen atoms in total. The fourth-order valence-corrected chi connectivity index (χ4v) is 3.27. The van der Waals surface area contributed by atoms with Crippen LogP contribution in [0.2, 0.25) is 0 Å². The number of aliphatic hydroxyl groups excluding tert-OH is 1. The van der Waals surface area contributed by atoms with Gasteiger partial charge in [-0.2, -0.15) is 0 Å². The predicted octanol–water partition coefficient (Wildman–Crippen LogP) is 4.61. The summed E-state index contributed by atoms with van der Waals surface area (Å²) in [6.07, 6.45) is -0.935. The number of benzene rings is 3. The van der Waals surface area contributed by atoms with Crippen molar-refractivity contribution in [1.82, 2.24) is 0 Å². The SMILES string of the molecule is C=C(C)C(=O)OCC(O)COc1c2ccccc2cc2cccc(Br)c12. The Labute approximate surface area is 160 Å². The van der Waals surface area contributed by atoms with Crippen LogP contribution in [0.1, 0.15) is 6.92 Å². The van der Waals surface area contributed by atoms with Crippen LogP contribution in [0.5, 0.6) is 5.75 Å². The van der Waals surface area contributed by atoms with Crippen molar-refractivity contribution in [2.75, 3.05) is 13.2 Å². The van der Waals surface area contributed by atoms with Crippen LogP contribution in [0.3, 0.4) is 0 Å². The van der Waals surface area contributed by atoms with Crippen LogP contribution >= 0.6 is 15.9 Å². The molecule has 3 aromatic carbocycles. The number of carbonyl (C=O) groups is 1. The second-order valence-electron chi connectivity index (χ2n) is 6.11. The van der Waals surface area contributed by atoms with Gasteiger partial charge in [0, 0.05) is 20.8 Å². The number of hydrogen-bond acceptors (Lipinski definition) is 4. The van der Waals surface area contributed by atoms with Gasteiger partial charge in [-0.15, -0.1) is 0 Å². The highest BCUT2D eigenvalue weighted by Crippen LogP contribution is 2.38. The van der Waals surface area contributed by atoms with E-state index < -0.39 is 12.1 Å². The molecule has 3 rings (SSSR count). The van der Waals surface area contributed by atoms with Gasteiger partial charge in [0.25, 0.3) is 0 Å². The van der Waals surface area contributed by atoms with Crippen molar-refractivity contribution in [3.8, 4) is 5.75 Å². The number of halogens is 1. The highest BCUT2D eigenvalue weighted by molar-refractivity contribution is 9.10. The van der Waals surface area contributed by atoms with E-state index >= 15 is 0 Å². The first kappa shape index (κ1) is 18.4. The molecule has 0 amide bonds. The summed E-state index contributed by atoms with van der Waals surface area (Å²) in [6, 6.07) is 16.0. The first-order valence-electron chi connectivity index (χ1n) is 8.21. The molecule has 1 N–H and O–H groups in total. The van der Waals surface area contributed by atoms with Gasteiger partial charge in [-0.05, 0) is 29.8 Å². The molecular formula is C21H19BrO4. The molecule has 0 aliphatic carbocycles. The van der Waals surface area contributed by atoms with Crippen LogP contribution in [0.4, 0.5) is 0 Å². The van der Waals surface area contributed by atoms with E-state index in [9.17, 15) is 9.90 Å². The van der Waals surface area contributed by atoms with Gasteiger partial charge in [0.05, 0.1) is 0 Å². The standard InChI is InChI=1S/C21H19BrO4/c1-13(2)21(24)26-12-16(23)11-25-20-17-8-4-3-6-14(17)10-15-7-5-9-18(22)19(15)20/h3-10,16,23H,1,11-12H2,2H3. The van der Waals surface area contributed by atoms with Gasteiger partial charge in [0.1, 0.15) is 25.1 Å². The molecule has 0 bridgehead atoms. The quantitative estimate of drug-likeness (QED) is 0.363. The third-order valence-corrected chi connectivity index (χ3v) is 4.63. The second kappa shape index (κ2) is 7.89. The lowest BCUT2D eigenvalue weighted by Crippen LogP contribution is -2.25. The van der Waals surface area contributed by atoms with Crippen LogP contribution in [0, 0.1) is 0 Å². The average Bonchev–Trinajstić information content (AvgIpc) is 2.63. The van der Waals surface area contributed by atoms with Gasteiger partial charge >= 0.3 is 5.97 Å². The molecule has 0 aliphatic rings. The van der Waals surface area contributed by atoms with Crippen LogP contribution in [-0.2, 0) is 9.53 Å². The van der Waals surface area contributed by atoms with E-state index in [1.54, 1.807) is 6.92 Å². The number of carbonyl (C=O) groups excluding carboxylic acids is 1. The lowest BCUT2D eigenvalue weighted by atomic mass is 10.0. The first-order valence-corrected chi connectivity index (χ1v) is 9.00. The summed E-state index contributed by atoms with van der Waals surface area (Å²) in [7, 11) is 0. The van der Waals surface area contributed by atoms with Crippen LogP contribution in [0.25, 0.3) is 21.5 Å². The van der Waals surface area contributed by atoms with Crippen molar-refractivity contribution in [2.24, 2.45) is 0 Å². The smallest absolute Gasteiger partial charge is 0.333 e. The Bertz CT molecular complexity index is 980. The largest absolute Gasteiger partial charge is 0.489 e. The van der Waals surface area contributed by atoms with Gasteiger partial charge in [-0.3, -0.25) is 0 Å². The number of fused-ring (bicyclic) bond motifs is 2. The summed E-state index contributed by atoms with van der Waals surface area (Å²) in [5.74, 6) is 0.165. The van der Waals surface area contributed by atoms with Gasteiger partial charge in [-0.25, -0.2) is 4.79 Å². The molecule has 0 fully saturated rings. The van der Waals surface area contributed by atoms with Crippen molar-refractivity contribution < 1.29 is 19.4 Å². The van der Waals surface area contributed by atoms with E-state index in [0.29, 0.717) is 11.3 Å². The highest BCUT2D eigenvalue weighted by Gasteiger charge is 2.15. The molecule has 0 saturated carbocycles. The minimum Gasteiger partial charge on any atom is -0.489 e. The van der Waals surface area contributed by atoms with E-state index in [-0.39, 0.29) is 13.2 Å². The predicted molar refractivity (Wildman–Crippen MR) is 106 cm³/mol. The molecule has 0 radical (unpaired) electrons. The van der Waals surface area contributed by atoms with Crippen molar-refractivity contribution in [3.05, 3.63) is 65.2 Å². The molecule has 0 heterocycles. The lowest BCUT2D eigenvalue weighted by molar-refractivity contribution is -0.142. The molecule has 0 spiro atoms. The number of ether oxygens (including phenoxy) is 2. The molecule has 0 aromatic heterocycles. The monoisotopic (exact) mass is 414 g/mol. The van der Waals surface area contributed by atoms with Crippen LogP contribution in [0.15, 0.2) is 65.2 Å². The van der Waals surface area contributed by atoms with Gasteiger partial charge in [0.15, 0.2) is 0 Å². The molecular weight excluding hydrogens is 396 g/mol. The zero-order chi connectivity index (χ0) is 18.7. The summed E-state index contributed by atoms with van der Waals surface area (Å²) >= 11 is 3.58. The fourth-order valence-electron chi connectivity index (χ4n) is 2.71. The summed E-state index contributed by atoms with van der Waals surface area (Å²) < 4.78 is 11.9. The maximum atomic E-state index is 11.4. The molecule has 5 heteroatoms. The van der Waals surface area contributed by atoms with E-state index in [2.05, 4.69) is 28.6 Å². The number of rotatable bonds is 6. The zero-order valence-electron chi connectivity index (χ0n) is 14.4. The summed E-state index contributed by atoms with van der Waals surface area (Å²) in [5, 5.41) is 14.1. The second-order valence-corrected chi connectivity index (χ2v) is 6.96. The Morgan fingerprint density at radius 2 is 1.88 bits per heavy atom. The van der Waals surface area contributed by atoms with Crippen molar-refractivity contribution in [3.63, 3.8) is 0 Å². The Morgan fingerprint density at radius 1 is 1.15 bits per heavy atom. The maximum absolute atomic E-state index is 11.4. The van der Waals surface area contributed by atoms with Crippen LogP contribution in [-0.4, -0.2) is 30.4 Å². The van der Waals surface area contributed by atoms with Crippen LogP contribution < -0.4 is 4.74 Å². The van der Waals surface area contributed by atoms with E-state index in [0.717, 1.165) is 26.0 Å². The van der Waals surface area contributed by atoms with Crippen molar-refractivity contribution in [2.45, 2.75) is 13.0 Å². The van der Waals surface area contributed by atoms with Gasteiger partial charge < -0.3 is 14.6 Å². The Kier molecular flexibility index (Phi) is 5.59. The number of aliphatic hydroxyl groups is 1. The first-order chi connectivity index (χ1) is 12.5. The minimum atomic E-state index is -0.935. The molecule has 1 unspecified atom stereocenters. The molecule has 134 valence electrons. The highest BCUT2D eigenvalue weighted by atomic mass is 79.9. The molecule has 0 aliphatic heterocycles. The third kappa shape index (κ3) is 3.89. The Balaban J connectivity index is 1.88. The topological polar surface area (TPSA) is 55.8 Å². The number of esters is 1. The Hall–Kier alpha value is -2.37. The normalized spacial score (nSPS) is 12.1. The van der Waals surface area contributed by atoms with Crippen molar-refractivity contribution >= 4 is 43.4 Å². The van der Waals surface area contributed by atoms with E-state index in [4.69, 9.17) is 9.47 Å². The number of hydrogen-bond donors (Lipinski definition) is 1. The third-order valence-electron chi connectivity index (χ3n) is 3.96. The molecule has 0 saturated heterocycles. The lowest BCUT2D eigenvalue weighted by Gasteiger charge is -2.17. The van der Waals surface area contributed by atoms with Gasteiger partial charge in [0.2, 0.25) is 0 Å². The fraction of sp³-hybridized carbons (Fsp3) is 0.190. The molecule has 3 aromatic rings. The summed E-state index contributed by atoms with van der Waals surface area (Å²) in [6.45, 7) is 4.94.